The molecule has 1 fully saturated rings. The van der Waals surface area contributed by atoms with Gasteiger partial charge in [-0.1, -0.05) is 0 Å². The van der Waals surface area contributed by atoms with Crippen LogP contribution in [0, 0.1) is 0 Å². The molecule has 1 heterocycles. The maximum absolute atomic E-state index is 5.34. The zero-order chi connectivity index (χ0) is 7.94. The summed E-state index contributed by atoms with van der Waals surface area (Å²) in [6.07, 6.45) is 0. The molecular weight excluding hydrogens is 144 g/mol. The van der Waals surface area contributed by atoms with Crippen molar-refractivity contribution in [2.45, 2.75) is 6.04 Å². The lowest BCUT2D eigenvalue weighted by Gasteiger charge is -2.13. The molecule has 66 valence electrons. The third-order valence-corrected chi connectivity index (χ3v) is 1.59. The van der Waals surface area contributed by atoms with Crippen molar-refractivity contribution < 1.29 is 9.47 Å². The Morgan fingerprint density at radius 1 is 1.27 bits per heavy atom. The molecule has 1 saturated heterocycles. The Balaban J connectivity index is 2.09. The first-order chi connectivity index (χ1) is 5.43. The average Bonchev–Trinajstić information content (AvgIpc) is 2.28. The van der Waals surface area contributed by atoms with Crippen LogP contribution in [0.5, 0.6) is 0 Å². The van der Waals surface area contributed by atoms with Gasteiger partial charge in [0.1, 0.15) is 0 Å². The van der Waals surface area contributed by atoms with E-state index in [4.69, 9.17) is 15.2 Å². The summed E-state index contributed by atoms with van der Waals surface area (Å²) < 4.78 is 10.6. The van der Waals surface area contributed by atoms with Gasteiger partial charge in [0.25, 0.3) is 0 Å². The topological polar surface area (TPSA) is 56.5 Å². The second-order valence-electron chi connectivity index (χ2n) is 2.59. The van der Waals surface area contributed by atoms with E-state index in [9.17, 15) is 0 Å². The second-order valence-corrected chi connectivity index (χ2v) is 2.59. The molecule has 11 heavy (non-hydrogen) atoms. The molecular formula is C7H16N2O2. The Kier molecular flexibility index (Phi) is 4.45. The molecule has 0 aromatic rings. The normalized spacial score (nSPS) is 21.5. The molecule has 1 aliphatic heterocycles. The Hall–Kier alpha value is -0.160. The first-order valence-electron chi connectivity index (χ1n) is 4.02. The molecule has 1 rings (SSSR count). The average molecular weight is 160 g/mol. The highest BCUT2D eigenvalue weighted by molar-refractivity contribution is 4.66. The largest absolute Gasteiger partial charge is 0.377 e. The molecule has 0 spiro atoms. The van der Waals surface area contributed by atoms with E-state index in [0.717, 1.165) is 19.8 Å². The van der Waals surface area contributed by atoms with Gasteiger partial charge in [0.05, 0.1) is 32.5 Å². The van der Waals surface area contributed by atoms with E-state index in [-0.39, 0.29) is 0 Å². The first-order valence-corrected chi connectivity index (χ1v) is 4.02. The molecule has 0 aromatic carbocycles. The third kappa shape index (κ3) is 3.67. The molecule has 0 bridgehead atoms. The summed E-state index contributed by atoms with van der Waals surface area (Å²) >= 11 is 0. The summed E-state index contributed by atoms with van der Waals surface area (Å²) in [4.78, 5) is 0. The molecule has 0 radical (unpaired) electrons. The molecule has 0 saturated carbocycles. The minimum atomic E-state index is 0.320. The molecule has 0 unspecified atom stereocenters. The Morgan fingerprint density at radius 3 is 2.45 bits per heavy atom. The van der Waals surface area contributed by atoms with Crippen LogP contribution in [-0.4, -0.2) is 45.6 Å². The van der Waals surface area contributed by atoms with Gasteiger partial charge in [-0.15, -0.1) is 0 Å². The monoisotopic (exact) mass is 160 g/mol. The molecule has 0 amide bonds. The summed E-state index contributed by atoms with van der Waals surface area (Å²) in [5, 5.41) is 3.24. The lowest BCUT2D eigenvalue weighted by molar-refractivity contribution is 0.103. The van der Waals surface area contributed by atoms with Crippen molar-refractivity contribution in [2.75, 3.05) is 39.5 Å². The maximum Gasteiger partial charge on any atom is 0.0701 e. The van der Waals surface area contributed by atoms with E-state index >= 15 is 0 Å². The summed E-state index contributed by atoms with van der Waals surface area (Å²) in [6.45, 7) is 4.38. The number of nitrogens with two attached hydrogens (primary N) is 1. The molecule has 4 nitrogen and oxygen atoms in total. The number of nitrogens with one attached hydrogen (secondary N) is 1. The van der Waals surface area contributed by atoms with E-state index in [1.54, 1.807) is 0 Å². The lowest BCUT2D eigenvalue weighted by Crippen LogP contribution is -2.39. The SMILES string of the molecule is NCCNC1COCCOC1. The van der Waals surface area contributed by atoms with Gasteiger partial charge in [0, 0.05) is 13.1 Å². The van der Waals surface area contributed by atoms with Crippen LogP contribution in [0.4, 0.5) is 0 Å². The molecule has 0 aliphatic carbocycles. The highest BCUT2D eigenvalue weighted by Crippen LogP contribution is 1.93. The second kappa shape index (κ2) is 5.49. The number of rotatable bonds is 3. The van der Waals surface area contributed by atoms with E-state index in [2.05, 4.69) is 5.32 Å². The van der Waals surface area contributed by atoms with Crippen molar-refractivity contribution in [1.82, 2.24) is 5.32 Å². The molecule has 3 N–H and O–H groups in total. The standard InChI is InChI=1S/C7H16N2O2/c8-1-2-9-7-5-10-3-4-11-6-7/h7,9H,1-6,8H2. The predicted molar refractivity (Wildman–Crippen MR) is 42.5 cm³/mol. The minimum Gasteiger partial charge on any atom is -0.377 e. The first kappa shape index (κ1) is 8.93. The minimum absolute atomic E-state index is 0.320. The highest BCUT2D eigenvalue weighted by atomic mass is 16.5. The summed E-state index contributed by atoms with van der Waals surface area (Å²) in [7, 11) is 0. The van der Waals surface area contributed by atoms with Crippen LogP contribution in [-0.2, 0) is 9.47 Å². The van der Waals surface area contributed by atoms with Crippen LogP contribution in [0.2, 0.25) is 0 Å². The predicted octanol–water partition coefficient (Wildman–Crippen LogP) is -1.05. The number of hydrogen-bond donors (Lipinski definition) is 2. The van der Waals surface area contributed by atoms with Gasteiger partial charge >= 0.3 is 0 Å². The van der Waals surface area contributed by atoms with Crippen molar-refractivity contribution in [3.8, 4) is 0 Å². The molecule has 4 heteroatoms. The van der Waals surface area contributed by atoms with Gasteiger partial charge in [0.15, 0.2) is 0 Å². The van der Waals surface area contributed by atoms with Crippen LogP contribution in [0.3, 0.4) is 0 Å². The van der Waals surface area contributed by atoms with Crippen molar-refractivity contribution >= 4 is 0 Å². The van der Waals surface area contributed by atoms with Gasteiger partial charge in [-0.05, 0) is 0 Å². The molecule has 1 aliphatic rings. The molecule has 0 aromatic heterocycles. The Labute approximate surface area is 67.0 Å². The molecule has 0 atom stereocenters. The van der Waals surface area contributed by atoms with E-state index in [1.165, 1.54) is 0 Å². The van der Waals surface area contributed by atoms with Crippen molar-refractivity contribution in [3.05, 3.63) is 0 Å². The van der Waals surface area contributed by atoms with Crippen LogP contribution in [0.25, 0.3) is 0 Å². The number of hydrogen-bond acceptors (Lipinski definition) is 4. The summed E-state index contributed by atoms with van der Waals surface area (Å²) in [6, 6.07) is 0.320. The van der Waals surface area contributed by atoms with Crippen LogP contribution in [0.1, 0.15) is 0 Å². The maximum atomic E-state index is 5.34. The fourth-order valence-electron chi connectivity index (χ4n) is 1.02. The van der Waals surface area contributed by atoms with E-state index in [0.29, 0.717) is 25.8 Å². The third-order valence-electron chi connectivity index (χ3n) is 1.59. The van der Waals surface area contributed by atoms with Crippen molar-refractivity contribution in [1.29, 1.82) is 0 Å². The zero-order valence-electron chi connectivity index (χ0n) is 6.71. The van der Waals surface area contributed by atoms with Crippen molar-refractivity contribution in [3.63, 3.8) is 0 Å². The summed E-state index contributed by atoms with van der Waals surface area (Å²) in [5.41, 5.74) is 5.34. The van der Waals surface area contributed by atoms with Gasteiger partial charge in [-0.3, -0.25) is 0 Å². The van der Waals surface area contributed by atoms with Gasteiger partial charge in [-0.2, -0.15) is 0 Å². The van der Waals surface area contributed by atoms with E-state index in [1.807, 2.05) is 0 Å². The lowest BCUT2D eigenvalue weighted by atomic mass is 10.3. The smallest absolute Gasteiger partial charge is 0.0701 e. The van der Waals surface area contributed by atoms with E-state index < -0.39 is 0 Å². The van der Waals surface area contributed by atoms with Crippen LogP contribution < -0.4 is 11.1 Å². The summed E-state index contributed by atoms with van der Waals surface area (Å²) in [5.74, 6) is 0. The van der Waals surface area contributed by atoms with Crippen LogP contribution in [0.15, 0.2) is 0 Å². The fraction of sp³-hybridized carbons (Fsp3) is 1.00. The zero-order valence-corrected chi connectivity index (χ0v) is 6.71. The Morgan fingerprint density at radius 2 is 1.91 bits per heavy atom. The number of ether oxygens (including phenoxy) is 2. The van der Waals surface area contributed by atoms with Gasteiger partial charge < -0.3 is 20.5 Å². The highest BCUT2D eigenvalue weighted by Gasteiger charge is 2.10. The quantitative estimate of drug-likeness (QED) is 0.553. The Bertz CT molecular complexity index is 92.4. The van der Waals surface area contributed by atoms with Gasteiger partial charge in [-0.25, -0.2) is 0 Å². The fourth-order valence-corrected chi connectivity index (χ4v) is 1.02. The van der Waals surface area contributed by atoms with Gasteiger partial charge in [0.2, 0.25) is 0 Å². The van der Waals surface area contributed by atoms with Crippen LogP contribution >= 0.6 is 0 Å². The van der Waals surface area contributed by atoms with Crippen molar-refractivity contribution in [2.24, 2.45) is 5.73 Å².